The van der Waals surface area contributed by atoms with Crippen molar-refractivity contribution in [2.75, 3.05) is 13.2 Å². The molecule has 8 heteroatoms. The summed E-state index contributed by atoms with van der Waals surface area (Å²) in [7, 11) is 0. The standard InChI is InChI=1S/C21H41O5PS.K/c1-2-3-4-5-6-7-8-9-10-11-12-13-14-15-16-17-21-24-18-20(26-21)19-25-27(22,23)28;/h8-9,20-21H,2-7,10-19H2,1H3,(H2,22,23,28);/q;+1/b9-8+;/t20-,21-;/m1./s1. The molecular weight excluding hydrogens is 434 g/mol. The fourth-order valence-corrected chi connectivity index (χ4v) is 3.85. The average Bonchev–Trinajstić information content (AvgIpc) is 3.10. The van der Waals surface area contributed by atoms with E-state index in [2.05, 4.69) is 30.9 Å². The first kappa shape index (κ1) is 30.8. The van der Waals surface area contributed by atoms with E-state index in [0.29, 0.717) is 6.61 Å². The second kappa shape index (κ2) is 20.4. The normalized spacial score (nSPS) is 19.7. The minimum absolute atomic E-state index is 0. The Balaban J connectivity index is 0.00000784. The Morgan fingerprint density at radius 2 is 1.48 bits per heavy atom. The first-order valence-electron chi connectivity index (χ1n) is 11.1. The number of unbranched alkanes of at least 4 members (excludes halogenated alkanes) is 11. The maximum absolute atomic E-state index is 9.06. The summed E-state index contributed by atoms with van der Waals surface area (Å²) in [6.07, 6.45) is 21.9. The molecule has 1 aliphatic rings. The molecule has 1 aliphatic heterocycles. The van der Waals surface area contributed by atoms with Gasteiger partial charge in [0, 0.05) is 0 Å². The van der Waals surface area contributed by atoms with Crippen LogP contribution in [0.25, 0.3) is 0 Å². The number of hydrogen-bond donors (Lipinski definition) is 2. The van der Waals surface area contributed by atoms with Gasteiger partial charge in [-0.25, -0.2) is 0 Å². The number of allylic oxidation sites excluding steroid dienone is 2. The van der Waals surface area contributed by atoms with E-state index in [0.717, 1.165) is 12.8 Å². The van der Waals surface area contributed by atoms with Crippen LogP contribution >= 0.6 is 6.72 Å². The van der Waals surface area contributed by atoms with Crippen molar-refractivity contribution in [1.29, 1.82) is 0 Å². The molecule has 166 valence electrons. The zero-order valence-electron chi connectivity index (χ0n) is 18.6. The van der Waals surface area contributed by atoms with Crippen LogP contribution in [0.1, 0.15) is 96.8 Å². The molecule has 0 spiro atoms. The Hall–Kier alpha value is 1.83. The Kier molecular flexibility index (Phi) is 21.7. The van der Waals surface area contributed by atoms with Gasteiger partial charge in [0.2, 0.25) is 0 Å². The van der Waals surface area contributed by atoms with Gasteiger partial charge in [-0.1, -0.05) is 70.4 Å². The summed E-state index contributed by atoms with van der Waals surface area (Å²) in [5, 5.41) is 0. The predicted octanol–water partition coefficient (Wildman–Crippen LogP) is 3.00. The largest absolute Gasteiger partial charge is 1.00 e. The Morgan fingerprint density at radius 3 is 2.07 bits per heavy atom. The minimum Gasteiger partial charge on any atom is -0.350 e. The van der Waals surface area contributed by atoms with E-state index >= 15 is 0 Å². The molecule has 0 aromatic heterocycles. The molecule has 0 bridgehead atoms. The quantitative estimate of drug-likeness (QED) is 0.138. The molecule has 1 heterocycles. The van der Waals surface area contributed by atoms with Crippen molar-refractivity contribution in [2.45, 2.75) is 109 Å². The second-order valence-corrected chi connectivity index (χ2v) is 10.3. The number of rotatable bonds is 18. The minimum atomic E-state index is -3.60. The Bertz CT molecular complexity index is 447. The zero-order valence-corrected chi connectivity index (χ0v) is 23.4. The van der Waals surface area contributed by atoms with Crippen LogP contribution in [0, 0.1) is 0 Å². The van der Waals surface area contributed by atoms with E-state index < -0.39 is 6.72 Å². The third-order valence-corrected chi connectivity index (χ3v) is 5.74. The molecule has 2 atom stereocenters. The first-order valence-corrected chi connectivity index (χ1v) is 13.8. The smallest absolute Gasteiger partial charge is 0.350 e. The summed E-state index contributed by atoms with van der Waals surface area (Å²) in [5.41, 5.74) is 0. The van der Waals surface area contributed by atoms with Gasteiger partial charge in [-0.05, 0) is 50.3 Å². The third-order valence-electron chi connectivity index (χ3n) is 4.94. The van der Waals surface area contributed by atoms with Gasteiger partial charge >= 0.3 is 58.1 Å². The van der Waals surface area contributed by atoms with E-state index in [1.54, 1.807) is 0 Å². The fraction of sp³-hybridized carbons (Fsp3) is 0.905. The second-order valence-electron chi connectivity index (χ2n) is 7.68. The van der Waals surface area contributed by atoms with Crippen molar-refractivity contribution in [3.8, 4) is 0 Å². The van der Waals surface area contributed by atoms with Gasteiger partial charge in [-0.15, -0.1) is 0 Å². The molecular formula is C21H41KO5PS+. The molecule has 5 nitrogen and oxygen atoms in total. The van der Waals surface area contributed by atoms with E-state index in [4.69, 9.17) is 23.8 Å². The zero-order chi connectivity index (χ0) is 20.5. The van der Waals surface area contributed by atoms with Crippen LogP contribution in [0.4, 0.5) is 0 Å². The molecule has 0 saturated carbocycles. The van der Waals surface area contributed by atoms with Gasteiger partial charge in [0.25, 0.3) is 0 Å². The topological polar surface area (TPSA) is 68.2 Å². The summed E-state index contributed by atoms with van der Waals surface area (Å²) >= 11 is 4.42. The van der Waals surface area contributed by atoms with Gasteiger partial charge in [-0.3, -0.25) is 0 Å². The van der Waals surface area contributed by atoms with Crippen LogP contribution < -0.4 is 51.4 Å². The maximum Gasteiger partial charge on any atom is 1.00 e. The number of hydrogen-bond acceptors (Lipinski definition) is 4. The SMILES string of the molecule is CCCCCCC/C=C/CCCCCCCC[C@@H]1OC[C@H](COP(O)(O)=S)O1.[K+]. The Labute approximate surface area is 226 Å². The summed E-state index contributed by atoms with van der Waals surface area (Å²) < 4.78 is 16.0. The van der Waals surface area contributed by atoms with Crippen LogP contribution in [0.15, 0.2) is 12.2 Å². The van der Waals surface area contributed by atoms with Crippen molar-refractivity contribution in [2.24, 2.45) is 0 Å². The van der Waals surface area contributed by atoms with Crippen molar-refractivity contribution < 1.29 is 75.2 Å². The summed E-state index contributed by atoms with van der Waals surface area (Å²) in [5.74, 6) is 0. The molecule has 0 aromatic rings. The average molecular weight is 476 g/mol. The summed E-state index contributed by atoms with van der Waals surface area (Å²) in [6.45, 7) is -0.838. The third kappa shape index (κ3) is 20.2. The van der Waals surface area contributed by atoms with Crippen LogP contribution in [0.5, 0.6) is 0 Å². The molecule has 29 heavy (non-hydrogen) atoms. The Morgan fingerprint density at radius 1 is 0.931 bits per heavy atom. The molecule has 2 N–H and O–H groups in total. The van der Waals surface area contributed by atoms with Crippen LogP contribution in [-0.2, 0) is 25.8 Å². The molecule has 0 amide bonds. The van der Waals surface area contributed by atoms with Crippen LogP contribution in [-0.4, -0.2) is 35.4 Å². The van der Waals surface area contributed by atoms with E-state index in [1.807, 2.05) is 0 Å². The van der Waals surface area contributed by atoms with Gasteiger partial charge in [0.05, 0.1) is 13.2 Å². The van der Waals surface area contributed by atoms with Crippen molar-refractivity contribution in [1.82, 2.24) is 0 Å². The maximum atomic E-state index is 9.06. The molecule has 0 aromatic carbocycles. The van der Waals surface area contributed by atoms with Gasteiger partial charge in [0.1, 0.15) is 6.10 Å². The van der Waals surface area contributed by atoms with Crippen molar-refractivity contribution in [3.63, 3.8) is 0 Å². The van der Waals surface area contributed by atoms with E-state index in [-0.39, 0.29) is 70.4 Å². The van der Waals surface area contributed by atoms with E-state index in [1.165, 1.54) is 77.0 Å². The van der Waals surface area contributed by atoms with Gasteiger partial charge in [-0.2, -0.15) is 0 Å². The molecule has 1 fully saturated rings. The van der Waals surface area contributed by atoms with Gasteiger partial charge < -0.3 is 23.8 Å². The number of ether oxygens (including phenoxy) is 2. The first-order chi connectivity index (χ1) is 13.5. The molecule has 0 aliphatic carbocycles. The van der Waals surface area contributed by atoms with Crippen LogP contribution in [0.3, 0.4) is 0 Å². The van der Waals surface area contributed by atoms with Crippen LogP contribution in [0.2, 0.25) is 0 Å². The molecule has 0 radical (unpaired) electrons. The van der Waals surface area contributed by atoms with Gasteiger partial charge in [0.15, 0.2) is 6.29 Å². The molecule has 1 saturated heterocycles. The van der Waals surface area contributed by atoms with Crippen molar-refractivity contribution >= 4 is 18.5 Å². The van der Waals surface area contributed by atoms with Crippen molar-refractivity contribution in [3.05, 3.63) is 12.2 Å². The molecule has 1 rings (SSSR count). The summed E-state index contributed by atoms with van der Waals surface area (Å²) in [4.78, 5) is 18.1. The summed E-state index contributed by atoms with van der Waals surface area (Å²) in [6, 6.07) is 0. The monoisotopic (exact) mass is 475 g/mol. The fourth-order valence-electron chi connectivity index (χ4n) is 3.31. The predicted molar refractivity (Wildman–Crippen MR) is 119 cm³/mol. The molecule has 0 unspecified atom stereocenters. The van der Waals surface area contributed by atoms with E-state index in [9.17, 15) is 0 Å².